The fourth-order valence-corrected chi connectivity index (χ4v) is 4.40. The number of hydrazone groups is 1. The van der Waals surface area contributed by atoms with Crippen molar-refractivity contribution in [3.63, 3.8) is 0 Å². The molecule has 8 nitrogen and oxygen atoms in total. The van der Waals surface area contributed by atoms with Crippen LogP contribution < -0.4 is 25.0 Å². The van der Waals surface area contributed by atoms with Gasteiger partial charge >= 0.3 is 0 Å². The lowest BCUT2D eigenvalue weighted by Gasteiger charge is -2.13. The van der Waals surface area contributed by atoms with Crippen molar-refractivity contribution in [2.45, 2.75) is 13.5 Å². The SMILES string of the molecule is CCOc1cc(C(=O)N/N=C/c2cc(Cl)c(OCC(=O)Nc3ccc(Cl)cc3)c(Cl)c2)ccc1OCc1ccccc1. The number of benzene rings is 4. The van der Waals surface area contributed by atoms with Crippen LogP contribution in [0.3, 0.4) is 0 Å². The normalized spacial score (nSPS) is 10.8. The molecule has 0 bridgehead atoms. The van der Waals surface area contributed by atoms with E-state index in [0.29, 0.717) is 46.5 Å². The number of hydrogen-bond donors (Lipinski definition) is 2. The predicted octanol–water partition coefficient (Wildman–Crippen LogP) is 7.41. The van der Waals surface area contributed by atoms with Gasteiger partial charge in [-0.25, -0.2) is 5.43 Å². The molecule has 0 radical (unpaired) electrons. The van der Waals surface area contributed by atoms with Gasteiger partial charge in [-0.1, -0.05) is 65.1 Å². The Morgan fingerprint density at radius 1 is 0.833 bits per heavy atom. The Morgan fingerprint density at radius 2 is 1.55 bits per heavy atom. The van der Waals surface area contributed by atoms with Crippen molar-refractivity contribution in [2.24, 2.45) is 5.10 Å². The van der Waals surface area contributed by atoms with Crippen molar-refractivity contribution in [1.29, 1.82) is 0 Å². The van der Waals surface area contributed by atoms with Gasteiger partial charge < -0.3 is 19.5 Å². The van der Waals surface area contributed by atoms with E-state index in [9.17, 15) is 9.59 Å². The Balaban J connectivity index is 1.33. The number of ether oxygens (including phenoxy) is 3. The fraction of sp³-hybridized carbons (Fsp3) is 0.129. The first-order valence-electron chi connectivity index (χ1n) is 12.8. The number of nitrogens with zero attached hydrogens (tertiary/aromatic N) is 1. The van der Waals surface area contributed by atoms with E-state index in [0.717, 1.165) is 5.56 Å². The van der Waals surface area contributed by atoms with E-state index in [1.807, 2.05) is 37.3 Å². The summed E-state index contributed by atoms with van der Waals surface area (Å²) in [6, 6.07) is 24.4. The number of halogens is 3. The van der Waals surface area contributed by atoms with Gasteiger partial charge in [-0.15, -0.1) is 0 Å². The van der Waals surface area contributed by atoms with Crippen LogP contribution in [-0.4, -0.2) is 31.2 Å². The van der Waals surface area contributed by atoms with Crippen LogP contribution in [-0.2, 0) is 11.4 Å². The predicted molar refractivity (Wildman–Crippen MR) is 165 cm³/mol. The third-order valence-corrected chi connectivity index (χ3v) is 6.43. The highest BCUT2D eigenvalue weighted by molar-refractivity contribution is 6.37. The highest BCUT2D eigenvalue weighted by atomic mass is 35.5. The van der Waals surface area contributed by atoms with Crippen molar-refractivity contribution < 1.29 is 23.8 Å². The lowest BCUT2D eigenvalue weighted by atomic mass is 10.2. The summed E-state index contributed by atoms with van der Waals surface area (Å²) in [4.78, 5) is 24.9. The van der Waals surface area contributed by atoms with Crippen molar-refractivity contribution >= 4 is 58.5 Å². The molecule has 2 amide bonds. The number of carbonyl (C=O) groups is 2. The largest absolute Gasteiger partial charge is 0.490 e. The van der Waals surface area contributed by atoms with Crippen LogP contribution in [0.25, 0.3) is 0 Å². The van der Waals surface area contributed by atoms with E-state index in [-0.39, 0.29) is 22.4 Å². The van der Waals surface area contributed by atoms with Crippen molar-refractivity contribution in [2.75, 3.05) is 18.5 Å². The zero-order valence-corrected chi connectivity index (χ0v) is 24.7. The number of anilines is 1. The summed E-state index contributed by atoms with van der Waals surface area (Å²) in [5, 5.41) is 7.58. The summed E-state index contributed by atoms with van der Waals surface area (Å²) in [5.74, 6) is 0.256. The van der Waals surface area contributed by atoms with E-state index in [1.54, 1.807) is 54.6 Å². The van der Waals surface area contributed by atoms with Crippen LogP contribution in [0.4, 0.5) is 5.69 Å². The average molecular weight is 627 g/mol. The minimum Gasteiger partial charge on any atom is -0.490 e. The number of amides is 2. The Morgan fingerprint density at radius 3 is 2.24 bits per heavy atom. The molecular weight excluding hydrogens is 601 g/mol. The minimum absolute atomic E-state index is 0.142. The van der Waals surface area contributed by atoms with Crippen LogP contribution in [0.5, 0.6) is 17.2 Å². The standard InChI is InChI=1S/C31H26Cl3N3O5/c1-2-40-28-16-22(8-13-27(28)41-18-20-6-4-3-5-7-20)31(39)37-35-17-21-14-25(33)30(26(34)15-21)42-19-29(38)36-24-11-9-23(32)10-12-24/h3-17H,2,18-19H2,1H3,(H,36,38)(H,37,39)/b35-17+. The molecule has 11 heteroatoms. The molecule has 0 aliphatic rings. The second-order valence-corrected chi connectivity index (χ2v) is 9.98. The van der Waals surface area contributed by atoms with Gasteiger partial charge in [0.05, 0.1) is 22.9 Å². The number of carbonyl (C=O) groups excluding carboxylic acids is 2. The third kappa shape index (κ3) is 8.88. The molecule has 42 heavy (non-hydrogen) atoms. The summed E-state index contributed by atoms with van der Waals surface area (Å²) in [6.07, 6.45) is 1.38. The number of rotatable bonds is 12. The second-order valence-electron chi connectivity index (χ2n) is 8.73. The monoisotopic (exact) mass is 625 g/mol. The third-order valence-electron chi connectivity index (χ3n) is 5.62. The van der Waals surface area contributed by atoms with Gasteiger partial charge in [-0.2, -0.15) is 5.10 Å². The molecule has 4 aromatic rings. The molecule has 0 spiro atoms. The van der Waals surface area contributed by atoms with Gasteiger partial charge in [0.15, 0.2) is 23.9 Å². The van der Waals surface area contributed by atoms with E-state index < -0.39 is 11.8 Å². The first-order chi connectivity index (χ1) is 20.3. The van der Waals surface area contributed by atoms with Crippen molar-refractivity contribution in [1.82, 2.24) is 5.43 Å². The smallest absolute Gasteiger partial charge is 0.271 e. The molecule has 0 unspecified atom stereocenters. The quantitative estimate of drug-likeness (QED) is 0.126. The summed E-state index contributed by atoms with van der Waals surface area (Å²) < 4.78 is 17.1. The maximum atomic E-state index is 12.7. The first kappa shape index (κ1) is 30.7. The maximum Gasteiger partial charge on any atom is 0.271 e. The number of hydrogen-bond acceptors (Lipinski definition) is 6. The summed E-state index contributed by atoms with van der Waals surface area (Å²) in [5.41, 5.74) is 4.88. The topological polar surface area (TPSA) is 98.3 Å². The Kier molecular flexibility index (Phi) is 11.1. The first-order valence-corrected chi connectivity index (χ1v) is 13.9. The van der Waals surface area contributed by atoms with E-state index in [1.165, 1.54) is 6.21 Å². The van der Waals surface area contributed by atoms with E-state index in [4.69, 9.17) is 49.0 Å². The molecule has 0 aliphatic heterocycles. The zero-order chi connectivity index (χ0) is 29.9. The Labute approximate surface area is 258 Å². The Bertz CT molecular complexity index is 1540. The molecule has 0 saturated carbocycles. The van der Waals surface area contributed by atoms with Gasteiger partial charge in [-0.3, -0.25) is 9.59 Å². The average Bonchev–Trinajstić information content (AvgIpc) is 2.98. The summed E-state index contributed by atoms with van der Waals surface area (Å²) in [6.45, 7) is 2.30. The lowest BCUT2D eigenvalue weighted by Crippen LogP contribution is -2.20. The molecule has 2 N–H and O–H groups in total. The molecule has 4 aromatic carbocycles. The van der Waals surface area contributed by atoms with E-state index >= 15 is 0 Å². The van der Waals surface area contributed by atoms with E-state index in [2.05, 4.69) is 15.8 Å². The lowest BCUT2D eigenvalue weighted by molar-refractivity contribution is -0.118. The summed E-state index contributed by atoms with van der Waals surface area (Å²) in [7, 11) is 0. The molecule has 0 saturated heterocycles. The zero-order valence-electron chi connectivity index (χ0n) is 22.4. The van der Waals surface area contributed by atoms with Gasteiger partial charge in [0.2, 0.25) is 0 Å². The van der Waals surface area contributed by atoms with Gasteiger partial charge in [0, 0.05) is 16.3 Å². The number of nitrogens with one attached hydrogen (secondary N) is 2. The Hall–Kier alpha value is -4.24. The van der Waals surface area contributed by atoms with Crippen LogP contribution in [0.15, 0.2) is 90.0 Å². The van der Waals surface area contributed by atoms with Gasteiger partial charge in [0.1, 0.15) is 6.61 Å². The van der Waals surface area contributed by atoms with Crippen LogP contribution in [0.2, 0.25) is 15.1 Å². The molecule has 0 fully saturated rings. The molecule has 0 atom stereocenters. The van der Waals surface area contributed by atoms with Crippen LogP contribution in [0, 0.1) is 0 Å². The van der Waals surface area contributed by atoms with Crippen LogP contribution in [0.1, 0.15) is 28.4 Å². The fourth-order valence-electron chi connectivity index (χ4n) is 3.66. The molecule has 0 heterocycles. The maximum absolute atomic E-state index is 12.7. The minimum atomic E-state index is -0.453. The molecule has 0 aliphatic carbocycles. The highest BCUT2D eigenvalue weighted by Crippen LogP contribution is 2.34. The van der Waals surface area contributed by atoms with Crippen molar-refractivity contribution in [3.05, 3.63) is 117 Å². The van der Waals surface area contributed by atoms with Crippen LogP contribution >= 0.6 is 34.8 Å². The summed E-state index contributed by atoms with van der Waals surface area (Å²) >= 11 is 18.5. The second kappa shape index (κ2) is 15.1. The highest BCUT2D eigenvalue weighted by Gasteiger charge is 2.14. The molecule has 216 valence electrons. The molecular formula is C31H26Cl3N3O5. The van der Waals surface area contributed by atoms with Gasteiger partial charge in [-0.05, 0) is 72.6 Å². The molecule has 4 rings (SSSR count). The van der Waals surface area contributed by atoms with Crippen molar-refractivity contribution in [3.8, 4) is 17.2 Å². The van der Waals surface area contributed by atoms with Gasteiger partial charge in [0.25, 0.3) is 11.8 Å². The molecule has 0 aromatic heterocycles.